The highest BCUT2D eigenvalue weighted by Gasteiger charge is 2.42. The number of rotatable bonds is 2. The van der Waals surface area contributed by atoms with E-state index in [1.54, 1.807) is 17.3 Å². The number of aliphatic hydroxyl groups excluding tert-OH is 1. The molecule has 2 aromatic rings. The third kappa shape index (κ3) is 2.65. The van der Waals surface area contributed by atoms with Crippen molar-refractivity contribution in [3.05, 3.63) is 18.5 Å². The molecule has 2 aromatic heterocycles. The van der Waals surface area contributed by atoms with E-state index in [4.69, 9.17) is 0 Å². The van der Waals surface area contributed by atoms with Crippen LogP contribution < -0.4 is 5.32 Å². The van der Waals surface area contributed by atoms with Crippen LogP contribution in [0.4, 0.5) is 10.5 Å². The van der Waals surface area contributed by atoms with Crippen LogP contribution in [0.25, 0.3) is 11.0 Å². The van der Waals surface area contributed by atoms with Crippen LogP contribution in [0.3, 0.4) is 0 Å². The zero-order chi connectivity index (χ0) is 16.8. The summed E-state index contributed by atoms with van der Waals surface area (Å²) in [7, 11) is 0. The number of nitrogens with one attached hydrogen (secondary N) is 1. The monoisotopic (exact) mass is 317 g/mol. The van der Waals surface area contributed by atoms with Crippen LogP contribution in [0.2, 0.25) is 0 Å². The first-order valence-corrected chi connectivity index (χ1v) is 7.90. The number of carbonyl (C=O) groups is 1. The summed E-state index contributed by atoms with van der Waals surface area (Å²) in [4.78, 5) is 18.6. The third-order valence-corrected chi connectivity index (χ3v) is 4.56. The number of carbonyl (C=O) groups excluding carboxylic acids is 1. The predicted molar refractivity (Wildman–Crippen MR) is 88.3 cm³/mol. The number of nitrogens with zero attached hydrogens (tertiary/aromatic N) is 4. The van der Waals surface area contributed by atoms with Gasteiger partial charge in [0.15, 0.2) is 5.65 Å². The van der Waals surface area contributed by atoms with Crippen molar-refractivity contribution in [3.63, 3.8) is 0 Å². The molecule has 0 aliphatic carbocycles. The predicted octanol–water partition coefficient (Wildman–Crippen LogP) is 2.39. The highest BCUT2D eigenvalue weighted by Crippen LogP contribution is 2.29. The Morgan fingerprint density at radius 2 is 2.17 bits per heavy atom. The van der Waals surface area contributed by atoms with Crippen LogP contribution in [-0.2, 0) is 0 Å². The molecule has 0 bridgehead atoms. The fraction of sp³-hybridized carbons (Fsp3) is 0.562. The van der Waals surface area contributed by atoms with Crippen molar-refractivity contribution in [2.45, 2.75) is 51.8 Å². The van der Waals surface area contributed by atoms with E-state index in [2.05, 4.69) is 15.4 Å². The largest absolute Gasteiger partial charge is 0.391 e. The van der Waals surface area contributed by atoms with E-state index in [-0.39, 0.29) is 12.1 Å². The van der Waals surface area contributed by atoms with Gasteiger partial charge >= 0.3 is 6.03 Å². The van der Waals surface area contributed by atoms with E-state index in [9.17, 15) is 9.90 Å². The van der Waals surface area contributed by atoms with Gasteiger partial charge in [0.1, 0.15) is 0 Å². The van der Waals surface area contributed by atoms with Crippen molar-refractivity contribution in [1.29, 1.82) is 0 Å². The molecule has 3 heterocycles. The minimum Gasteiger partial charge on any atom is -0.391 e. The smallest absolute Gasteiger partial charge is 0.322 e. The molecule has 1 unspecified atom stereocenters. The van der Waals surface area contributed by atoms with Gasteiger partial charge in [0.05, 0.1) is 29.7 Å². The second-order valence-corrected chi connectivity index (χ2v) is 6.86. The fourth-order valence-corrected chi connectivity index (χ4v) is 3.01. The number of aromatic nitrogens is 3. The summed E-state index contributed by atoms with van der Waals surface area (Å²) in [6.07, 6.45) is 3.49. The zero-order valence-corrected chi connectivity index (χ0v) is 13.9. The molecule has 0 spiro atoms. The van der Waals surface area contributed by atoms with Crippen molar-refractivity contribution >= 4 is 22.8 Å². The molecule has 1 saturated heterocycles. The van der Waals surface area contributed by atoms with Crippen molar-refractivity contribution in [2.75, 3.05) is 11.9 Å². The van der Waals surface area contributed by atoms with Gasteiger partial charge in [-0.1, -0.05) is 0 Å². The fourth-order valence-electron chi connectivity index (χ4n) is 3.01. The van der Waals surface area contributed by atoms with E-state index in [0.29, 0.717) is 18.7 Å². The first kappa shape index (κ1) is 15.7. The average Bonchev–Trinajstić information content (AvgIpc) is 3.00. The normalized spacial score (nSPS) is 20.4. The maximum atomic E-state index is 12.5. The van der Waals surface area contributed by atoms with Crippen LogP contribution in [0, 0.1) is 0 Å². The van der Waals surface area contributed by atoms with Gasteiger partial charge in [0.2, 0.25) is 0 Å². The first-order chi connectivity index (χ1) is 10.8. The van der Waals surface area contributed by atoms with Gasteiger partial charge in [-0.3, -0.25) is 0 Å². The Labute approximate surface area is 135 Å². The molecule has 2 N–H and O–H groups in total. The van der Waals surface area contributed by atoms with Gasteiger partial charge in [-0.2, -0.15) is 5.10 Å². The van der Waals surface area contributed by atoms with Crippen LogP contribution in [0.5, 0.6) is 0 Å². The second-order valence-electron chi connectivity index (χ2n) is 6.86. The Balaban J connectivity index is 1.81. The molecule has 1 fully saturated rings. The molecular formula is C16H23N5O2. The molecule has 124 valence electrons. The summed E-state index contributed by atoms with van der Waals surface area (Å²) in [6.45, 7) is 8.38. The van der Waals surface area contributed by atoms with Gasteiger partial charge in [0.25, 0.3) is 0 Å². The Morgan fingerprint density at radius 1 is 1.43 bits per heavy atom. The minimum absolute atomic E-state index is 0.219. The topological polar surface area (TPSA) is 83.3 Å². The number of hydrogen-bond donors (Lipinski definition) is 2. The van der Waals surface area contributed by atoms with Crippen LogP contribution in [0.15, 0.2) is 18.5 Å². The molecule has 1 atom stereocenters. The van der Waals surface area contributed by atoms with Crippen molar-refractivity contribution in [1.82, 2.24) is 19.7 Å². The summed E-state index contributed by atoms with van der Waals surface area (Å²) in [6, 6.07) is 1.88. The van der Waals surface area contributed by atoms with E-state index in [0.717, 1.165) is 11.0 Å². The molecule has 7 nitrogen and oxygen atoms in total. The number of amides is 2. The summed E-state index contributed by atoms with van der Waals surface area (Å²) >= 11 is 0. The Morgan fingerprint density at radius 3 is 2.78 bits per heavy atom. The number of anilines is 1. The molecule has 0 aromatic carbocycles. The summed E-state index contributed by atoms with van der Waals surface area (Å²) < 4.78 is 1.85. The lowest BCUT2D eigenvalue weighted by atomic mass is 9.99. The lowest BCUT2D eigenvalue weighted by Gasteiger charge is -2.33. The average molecular weight is 317 g/mol. The molecule has 0 saturated carbocycles. The van der Waals surface area contributed by atoms with Crippen molar-refractivity contribution in [2.24, 2.45) is 0 Å². The zero-order valence-electron chi connectivity index (χ0n) is 13.9. The number of likely N-dealkylation sites (tertiary alicyclic amines) is 1. The highest BCUT2D eigenvalue weighted by molar-refractivity contribution is 5.92. The maximum absolute atomic E-state index is 12.5. The van der Waals surface area contributed by atoms with E-state index in [1.807, 2.05) is 38.4 Å². The Kier molecular flexibility index (Phi) is 3.75. The highest BCUT2D eigenvalue weighted by atomic mass is 16.3. The minimum atomic E-state index is -0.565. The van der Waals surface area contributed by atoms with Gasteiger partial charge < -0.3 is 15.3 Å². The van der Waals surface area contributed by atoms with E-state index >= 15 is 0 Å². The second kappa shape index (κ2) is 5.49. The number of hydrogen-bond acceptors (Lipinski definition) is 4. The lowest BCUT2D eigenvalue weighted by molar-refractivity contribution is 0.0733. The van der Waals surface area contributed by atoms with Crippen molar-refractivity contribution < 1.29 is 9.90 Å². The maximum Gasteiger partial charge on any atom is 0.322 e. The summed E-state index contributed by atoms with van der Waals surface area (Å²) in [5.41, 5.74) is 0.863. The molecule has 1 aliphatic rings. The SMILES string of the molecule is CC(C)n1ncc2cc(NC(=O)N3CCC(O)C3(C)C)cnc21. The van der Waals surface area contributed by atoms with Gasteiger partial charge in [-0.25, -0.2) is 14.5 Å². The van der Waals surface area contributed by atoms with Gasteiger partial charge in [0, 0.05) is 18.0 Å². The molecular weight excluding hydrogens is 294 g/mol. The first-order valence-electron chi connectivity index (χ1n) is 7.90. The number of urea groups is 1. The molecule has 0 radical (unpaired) electrons. The third-order valence-electron chi connectivity index (χ3n) is 4.56. The standard InChI is InChI=1S/C16H23N5O2/c1-10(2)21-14-11(8-18-21)7-12(9-17-14)19-15(23)20-6-5-13(22)16(20,3)4/h7-10,13,22H,5-6H2,1-4H3,(H,19,23). The van der Waals surface area contributed by atoms with Gasteiger partial charge in [-0.05, 0) is 40.2 Å². The molecule has 1 aliphatic heterocycles. The van der Waals surface area contributed by atoms with E-state index in [1.165, 1.54) is 0 Å². The van der Waals surface area contributed by atoms with Crippen LogP contribution in [-0.4, -0.2) is 49.0 Å². The quantitative estimate of drug-likeness (QED) is 0.891. The summed E-state index contributed by atoms with van der Waals surface area (Å²) in [5, 5.41) is 18.1. The number of aliphatic hydroxyl groups is 1. The van der Waals surface area contributed by atoms with Crippen molar-refractivity contribution in [3.8, 4) is 0 Å². The Hall–Kier alpha value is -2.15. The molecule has 7 heteroatoms. The summed E-state index contributed by atoms with van der Waals surface area (Å²) in [5.74, 6) is 0. The van der Waals surface area contributed by atoms with Crippen LogP contribution >= 0.6 is 0 Å². The number of pyridine rings is 1. The lowest BCUT2D eigenvalue weighted by Crippen LogP contribution is -2.49. The number of fused-ring (bicyclic) bond motifs is 1. The molecule has 3 rings (SSSR count). The Bertz CT molecular complexity index is 737. The van der Waals surface area contributed by atoms with Crippen LogP contribution in [0.1, 0.15) is 40.2 Å². The van der Waals surface area contributed by atoms with Gasteiger partial charge in [-0.15, -0.1) is 0 Å². The molecule has 2 amide bonds. The van der Waals surface area contributed by atoms with E-state index < -0.39 is 11.6 Å². The molecule has 23 heavy (non-hydrogen) atoms.